The predicted molar refractivity (Wildman–Crippen MR) is 99.3 cm³/mol. The number of carbonyl (C=O) groups excluding carboxylic acids is 1. The van der Waals surface area contributed by atoms with Gasteiger partial charge in [-0.3, -0.25) is 9.69 Å². The number of fused-ring (bicyclic) bond motifs is 3. The van der Waals surface area contributed by atoms with Crippen molar-refractivity contribution in [3.63, 3.8) is 0 Å². The fraction of sp³-hybridized carbons (Fsp3) is 0.353. The molecule has 7 heteroatoms. The molecule has 4 rings (SSSR count). The van der Waals surface area contributed by atoms with Crippen LogP contribution in [-0.2, 0) is 13.0 Å². The van der Waals surface area contributed by atoms with Crippen LogP contribution in [0.5, 0.6) is 0 Å². The van der Waals surface area contributed by atoms with E-state index in [1.54, 1.807) is 23.5 Å². The number of carbonyl (C=O) groups is 1. The molecule has 1 aromatic heterocycles. The second-order valence-electron chi connectivity index (χ2n) is 6.05. The summed E-state index contributed by atoms with van der Waals surface area (Å²) in [5.41, 5.74) is 2.92. The standard InChI is InChI=1S/C17H17Cl2N3OS/c1-2-22-6-5-10-13(8-22)24-17-14(10)16(23)20-15(21-17)9-3-4-11(18)12(19)7-9/h3-4,7,15,21H,2,5-6,8H2,1H3,(H,20,23). The van der Waals surface area contributed by atoms with Gasteiger partial charge in [-0.25, -0.2) is 0 Å². The van der Waals surface area contributed by atoms with Crippen LogP contribution in [0.4, 0.5) is 5.00 Å². The maximum atomic E-state index is 12.7. The number of halogens is 2. The van der Waals surface area contributed by atoms with Gasteiger partial charge < -0.3 is 10.6 Å². The average Bonchev–Trinajstić information content (AvgIpc) is 2.95. The highest BCUT2D eigenvalue weighted by Gasteiger charge is 2.33. The van der Waals surface area contributed by atoms with Gasteiger partial charge in [0, 0.05) is 18.0 Å². The highest BCUT2D eigenvalue weighted by atomic mass is 35.5. The van der Waals surface area contributed by atoms with Crippen molar-refractivity contribution in [3.05, 3.63) is 49.8 Å². The highest BCUT2D eigenvalue weighted by molar-refractivity contribution is 7.16. The van der Waals surface area contributed by atoms with Gasteiger partial charge in [-0.2, -0.15) is 0 Å². The molecular weight excluding hydrogens is 365 g/mol. The fourth-order valence-corrected chi connectivity index (χ4v) is 4.92. The van der Waals surface area contributed by atoms with Crippen molar-refractivity contribution >= 4 is 45.4 Å². The van der Waals surface area contributed by atoms with Crippen LogP contribution in [0.1, 0.15) is 39.5 Å². The van der Waals surface area contributed by atoms with Crippen LogP contribution in [0, 0.1) is 0 Å². The van der Waals surface area contributed by atoms with E-state index in [2.05, 4.69) is 22.5 Å². The molecule has 1 amide bonds. The lowest BCUT2D eigenvalue weighted by molar-refractivity contribution is 0.0934. The number of amides is 1. The SMILES string of the molecule is CCN1CCc2c(sc3c2C(=O)NC(c2ccc(Cl)c(Cl)c2)N3)C1. The molecule has 2 aromatic rings. The molecule has 2 aliphatic rings. The molecule has 1 unspecified atom stereocenters. The minimum Gasteiger partial charge on any atom is -0.353 e. The van der Waals surface area contributed by atoms with Crippen LogP contribution >= 0.6 is 34.5 Å². The summed E-state index contributed by atoms with van der Waals surface area (Å²) in [5.74, 6) is -0.0118. The molecule has 0 saturated carbocycles. The summed E-state index contributed by atoms with van der Waals surface area (Å²) in [4.78, 5) is 16.4. The molecule has 2 N–H and O–H groups in total. The van der Waals surface area contributed by atoms with Crippen LogP contribution in [0.3, 0.4) is 0 Å². The number of rotatable bonds is 2. The summed E-state index contributed by atoms with van der Waals surface area (Å²) >= 11 is 13.8. The predicted octanol–water partition coefficient (Wildman–Crippen LogP) is 4.29. The van der Waals surface area contributed by atoms with Crippen molar-refractivity contribution in [2.75, 3.05) is 18.4 Å². The Morgan fingerprint density at radius 2 is 2.12 bits per heavy atom. The molecule has 3 heterocycles. The molecule has 0 bridgehead atoms. The van der Waals surface area contributed by atoms with E-state index in [0.717, 1.165) is 42.2 Å². The Bertz CT molecular complexity index is 820. The van der Waals surface area contributed by atoms with E-state index in [1.807, 2.05) is 6.07 Å². The Kier molecular flexibility index (Phi) is 4.21. The van der Waals surface area contributed by atoms with Crippen molar-refractivity contribution < 1.29 is 4.79 Å². The third kappa shape index (κ3) is 2.69. The molecule has 2 aliphatic heterocycles. The number of thiophene rings is 1. The van der Waals surface area contributed by atoms with Crippen LogP contribution in [0.15, 0.2) is 18.2 Å². The van der Waals surface area contributed by atoms with Gasteiger partial charge in [-0.1, -0.05) is 36.2 Å². The monoisotopic (exact) mass is 381 g/mol. The molecular formula is C17H17Cl2N3OS. The Morgan fingerprint density at radius 1 is 1.29 bits per heavy atom. The van der Waals surface area contributed by atoms with Crippen molar-refractivity contribution in [2.24, 2.45) is 0 Å². The number of benzene rings is 1. The van der Waals surface area contributed by atoms with Gasteiger partial charge in [0.05, 0.1) is 15.6 Å². The Balaban J connectivity index is 1.67. The summed E-state index contributed by atoms with van der Waals surface area (Å²) in [5, 5.41) is 8.44. The zero-order valence-corrected chi connectivity index (χ0v) is 15.5. The molecule has 1 atom stereocenters. The van der Waals surface area contributed by atoms with Gasteiger partial charge in [0.2, 0.25) is 0 Å². The van der Waals surface area contributed by atoms with Gasteiger partial charge in [-0.15, -0.1) is 11.3 Å². The van der Waals surface area contributed by atoms with E-state index in [-0.39, 0.29) is 12.1 Å². The zero-order valence-electron chi connectivity index (χ0n) is 13.2. The fourth-order valence-electron chi connectivity index (χ4n) is 3.30. The molecule has 0 fully saturated rings. The molecule has 0 aliphatic carbocycles. The summed E-state index contributed by atoms with van der Waals surface area (Å²) in [7, 11) is 0. The number of hydrogen-bond acceptors (Lipinski definition) is 4. The van der Waals surface area contributed by atoms with Crippen LogP contribution < -0.4 is 10.6 Å². The lowest BCUT2D eigenvalue weighted by Crippen LogP contribution is -2.38. The second kappa shape index (κ2) is 6.23. The largest absolute Gasteiger partial charge is 0.353 e. The van der Waals surface area contributed by atoms with E-state index in [1.165, 1.54) is 10.4 Å². The Hall–Kier alpha value is -1.27. The summed E-state index contributed by atoms with van der Waals surface area (Å²) in [6.45, 7) is 5.14. The third-order valence-electron chi connectivity index (χ3n) is 4.64. The Labute approximate surface area is 154 Å². The normalized spacial score (nSPS) is 20.1. The summed E-state index contributed by atoms with van der Waals surface area (Å²) in [6.07, 6.45) is 0.642. The van der Waals surface area contributed by atoms with Crippen LogP contribution in [-0.4, -0.2) is 23.9 Å². The molecule has 1 aromatic carbocycles. The first kappa shape index (κ1) is 16.2. The van der Waals surface area contributed by atoms with E-state index in [4.69, 9.17) is 23.2 Å². The number of likely N-dealkylation sites (N-methyl/N-ethyl adjacent to an activating group) is 1. The van der Waals surface area contributed by atoms with Crippen molar-refractivity contribution in [1.29, 1.82) is 0 Å². The van der Waals surface area contributed by atoms with E-state index >= 15 is 0 Å². The average molecular weight is 382 g/mol. The van der Waals surface area contributed by atoms with Crippen LogP contribution in [0.2, 0.25) is 10.0 Å². The lowest BCUT2D eigenvalue weighted by Gasteiger charge is -2.28. The first-order chi connectivity index (χ1) is 11.6. The van der Waals surface area contributed by atoms with Crippen molar-refractivity contribution in [3.8, 4) is 0 Å². The first-order valence-corrected chi connectivity index (χ1v) is 9.53. The van der Waals surface area contributed by atoms with Gasteiger partial charge in [-0.05, 0) is 36.2 Å². The quantitative estimate of drug-likeness (QED) is 0.815. The summed E-state index contributed by atoms with van der Waals surface area (Å²) < 4.78 is 0. The minimum atomic E-state index is -0.290. The molecule has 4 nitrogen and oxygen atoms in total. The number of hydrogen-bond donors (Lipinski definition) is 2. The van der Waals surface area contributed by atoms with Crippen molar-refractivity contribution in [2.45, 2.75) is 26.1 Å². The minimum absolute atomic E-state index is 0.0118. The molecule has 0 radical (unpaired) electrons. The highest BCUT2D eigenvalue weighted by Crippen LogP contribution is 2.41. The number of nitrogens with zero attached hydrogens (tertiary/aromatic N) is 1. The Morgan fingerprint density at radius 3 is 2.88 bits per heavy atom. The smallest absolute Gasteiger partial charge is 0.256 e. The van der Waals surface area contributed by atoms with Gasteiger partial charge in [0.15, 0.2) is 0 Å². The molecule has 0 saturated heterocycles. The van der Waals surface area contributed by atoms with Crippen molar-refractivity contribution in [1.82, 2.24) is 10.2 Å². The second-order valence-corrected chi connectivity index (χ2v) is 7.97. The lowest BCUT2D eigenvalue weighted by atomic mass is 10.0. The van der Waals surface area contributed by atoms with E-state index in [9.17, 15) is 4.79 Å². The van der Waals surface area contributed by atoms with Gasteiger partial charge in [0.25, 0.3) is 5.91 Å². The third-order valence-corrected chi connectivity index (χ3v) is 6.53. The molecule has 0 spiro atoms. The number of anilines is 1. The number of nitrogens with one attached hydrogen (secondary N) is 2. The molecule has 24 heavy (non-hydrogen) atoms. The molecule has 126 valence electrons. The maximum Gasteiger partial charge on any atom is 0.256 e. The maximum absolute atomic E-state index is 12.7. The first-order valence-electron chi connectivity index (χ1n) is 7.96. The summed E-state index contributed by atoms with van der Waals surface area (Å²) in [6, 6.07) is 5.42. The van der Waals surface area contributed by atoms with Crippen LogP contribution in [0.25, 0.3) is 0 Å². The van der Waals surface area contributed by atoms with Gasteiger partial charge >= 0.3 is 0 Å². The van der Waals surface area contributed by atoms with Gasteiger partial charge in [0.1, 0.15) is 11.2 Å². The topological polar surface area (TPSA) is 44.4 Å². The van der Waals surface area contributed by atoms with E-state index < -0.39 is 0 Å². The zero-order chi connectivity index (χ0) is 16.8. The van der Waals surface area contributed by atoms with E-state index in [0.29, 0.717) is 10.0 Å².